The third-order valence-corrected chi connectivity index (χ3v) is 3.68. The van der Waals surface area contributed by atoms with Crippen LogP contribution in [0.2, 0.25) is 0 Å². The van der Waals surface area contributed by atoms with E-state index in [0.29, 0.717) is 5.91 Å². The third-order valence-electron chi connectivity index (χ3n) is 3.68. The molecule has 0 bridgehead atoms. The van der Waals surface area contributed by atoms with E-state index in [1.54, 1.807) is 0 Å². The molecule has 1 saturated heterocycles. The summed E-state index contributed by atoms with van der Waals surface area (Å²) in [4.78, 5) is 13.9. The summed E-state index contributed by atoms with van der Waals surface area (Å²) in [6.07, 6.45) is 7.11. The van der Waals surface area contributed by atoms with Gasteiger partial charge >= 0.3 is 0 Å². The van der Waals surface area contributed by atoms with E-state index in [4.69, 9.17) is 0 Å². The van der Waals surface area contributed by atoms with E-state index in [1.165, 1.54) is 19.3 Å². The summed E-state index contributed by atoms with van der Waals surface area (Å²) in [5.74, 6) is 1.24. The first-order valence-corrected chi connectivity index (χ1v) is 6.35. The monoisotopic (exact) mass is 246 g/mol. The first-order chi connectivity index (χ1) is 7.36. The molecule has 1 heterocycles. The maximum atomic E-state index is 11.9. The standard InChI is InChI=1S/C12H22N2O.ClH/c15-12(6-5-11-3-1-4-11)14-9-2-7-13-8-10-14;/h11,13H,1-10H2;1H. The van der Waals surface area contributed by atoms with Gasteiger partial charge in [0, 0.05) is 26.1 Å². The SMILES string of the molecule is Cl.O=C(CCC1CCC1)N1CCCNCC1. The van der Waals surface area contributed by atoms with Crippen molar-refractivity contribution in [1.82, 2.24) is 10.2 Å². The number of nitrogens with one attached hydrogen (secondary N) is 1. The van der Waals surface area contributed by atoms with Crippen LogP contribution in [-0.4, -0.2) is 37.0 Å². The second-order valence-electron chi connectivity index (χ2n) is 4.82. The largest absolute Gasteiger partial charge is 0.341 e. The highest BCUT2D eigenvalue weighted by Gasteiger charge is 2.20. The van der Waals surface area contributed by atoms with E-state index >= 15 is 0 Å². The normalized spacial score (nSPS) is 21.9. The zero-order valence-electron chi connectivity index (χ0n) is 9.91. The van der Waals surface area contributed by atoms with Crippen molar-refractivity contribution in [3.05, 3.63) is 0 Å². The molecule has 94 valence electrons. The summed E-state index contributed by atoms with van der Waals surface area (Å²) < 4.78 is 0. The molecule has 16 heavy (non-hydrogen) atoms. The van der Waals surface area contributed by atoms with E-state index in [0.717, 1.165) is 51.4 Å². The van der Waals surface area contributed by atoms with E-state index in [1.807, 2.05) is 4.90 Å². The summed E-state index contributed by atoms with van der Waals surface area (Å²) >= 11 is 0. The fourth-order valence-electron chi connectivity index (χ4n) is 2.36. The molecular weight excluding hydrogens is 224 g/mol. The smallest absolute Gasteiger partial charge is 0.222 e. The summed E-state index contributed by atoms with van der Waals surface area (Å²) in [5, 5.41) is 3.33. The third kappa shape index (κ3) is 3.95. The zero-order chi connectivity index (χ0) is 10.5. The van der Waals surface area contributed by atoms with E-state index in [9.17, 15) is 4.79 Å². The van der Waals surface area contributed by atoms with Crippen molar-refractivity contribution < 1.29 is 4.79 Å². The van der Waals surface area contributed by atoms with Crippen LogP contribution < -0.4 is 5.32 Å². The van der Waals surface area contributed by atoms with E-state index in [-0.39, 0.29) is 12.4 Å². The van der Waals surface area contributed by atoms with Gasteiger partial charge in [0.05, 0.1) is 0 Å². The predicted molar refractivity (Wildman–Crippen MR) is 67.9 cm³/mol. The molecule has 1 saturated carbocycles. The van der Waals surface area contributed by atoms with Gasteiger partial charge in [-0.1, -0.05) is 19.3 Å². The Morgan fingerprint density at radius 2 is 2.00 bits per heavy atom. The van der Waals surface area contributed by atoms with Gasteiger partial charge in [0.1, 0.15) is 0 Å². The van der Waals surface area contributed by atoms with Gasteiger partial charge in [0.2, 0.25) is 5.91 Å². The molecule has 0 spiro atoms. The summed E-state index contributed by atoms with van der Waals surface area (Å²) in [6.45, 7) is 3.89. The molecular formula is C12H23ClN2O. The Morgan fingerprint density at radius 1 is 1.19 bits per heavy atom. The molecule has 0 aromatic heterocycles. The molecule has 4 heteroatoms. The van der Waals surface area contributed by atoms with Crippen LogP contribution in [-0.2, 0) is 4.79 Å². The predicted octanol–water partition coefficient (Wildman–Crippen LogP) is 1.81. The average molecular weight is 247 g/mol. The molecule has 2 fully saturated rings. The van der Waals surface area contributed by atoms with Crippen LogP contribution in [0.3, 0.4) is 0 Å². The molecule has 0 aromatic carbocycles. The van der Waals surface area contributed by atoms with Crippen LogP contribution in [0.1, 0.15) is 38.5 Å². The van der Waals surface area contributed by atoms with Crippen molar-refractivity contribution in [2.24, 2.45) is 5.92 Å². The maximum absolute atomic E-state index is 11.9. The first-order valence-electron chi connectivity index (χ1n) is 6.35. The summed E-state index contributed by atoms with van der Waals surface area (Å²) in [7, 11) is 0. The molecule has 3 nitrogen and oxygen atoms in total. The molecule has 1 aliphatic carbocycles. The van der Waals surface area contributed by atoms with Crippen LogP contribution in [0.15, 0.2) is 0 Å². The number of rotatable bonds is 3. The number of hydrogen-bond acceptors (Lipinski definition) is 2. The van der Waals surface area contributed by atoms with Gasteiger partial charge < -0.3 is 10.2 Å². The molecule has 1 amide bonds. The lowest BCUT2D eigenvalue weighted by atomic mass is 9.82. The van der Waals surface area contributed by atoms with Crippen LogP contribution in [0.25, 0.3) is 0 Å². The van der Waals surface area contributed by atoms with Gasteiger partial charge in [-0.3, -0.25) is 4.79 Å². The Morgan fingerprint density at radius 3 is 2.69 bits per heavy atom. The number of carbonyl (C=O) groups excluding carboxylic acids is 1. The van der Waals surface area contributed by atoms with Gasteiger partial charge in [-0.05, 0) is 25.3 Å². The second kappa shape index (κ2) is 7.13. The minimum atomic E-state index is 0. The molecule has 1 N–H and O–H groups in total. The van der Waals surface area contributed by atoms with Crippen LogP contribution in [0, 0.1) is 5.92 Å². The van der Waals surface area contributed by atoms with Crippen LogP contribution in [0.4, 0.5) is 0 Å². The zero-order valence-corrected chi connectivity index (χ0v) is 10.7. The number of amides is 1. The van der Waals surface area contributed by atoms with Crippen molar-refractivity contribution in [3.63, 3.8) is 0 Å². The van der Waals surface area contributed by atoms with E-state index < -0.39 is 0 Å². The quantitative estimate of drug-likeness (QED) is 0.824. The fourth-order valence-corrected chi connectivity index (χ4v) is 2.36. The highest BCUT2D eigenvalue weighted by atomic mass is 35.5. The van der Waals surface area contributed by atoms with E-state index in [2.05, 4.69) is 5.32 Å². The minimum Gasteiger partial charge on any atom is -0.341 e. The molecule has 0 unspecified atom stereocenters. The van der Waals surface area contributed by atoms with Gasteiger partial charge in [0.25, 0.3) is 0 Å². The molecule has 2 rings (SSSR count). The number of carbonyl (C=O) groups is 1. The van der Waals surface area contributed by atoms with Gasteiger partial charge in [-0.15, -0.1) is 12.4 Å². The molecule has 2 aliphatic rings. The van der Waals surface area contributed by atoms with Crippen molar-refractivity contribution in [1.29, 1.82) is 0 Å². The van der Waals surface area contributed by atoms with Crippen LogP contribution >= 0.6 is 12.4 Å². The Labute approximate surface area is 104 Å². The van der Waals surface area contributed by atoms with Crippen molar-refractivity contribution in [2.75, 3.05) is 26.2 Å². The Bertz CT molecular complexity index is 211. The second-order valence-corrected chi connectivity index (χ2v) is 4.82. The fraction of sp³-hybridized carbons (Fsp3) is 0.917. The lowest BCUT2D eigenvalue weighted by molar-refractivity contribution is -0.131. The Kier molecular flexibility index (Phi) is 6.14. The van der Waals surface area contributed by atoms with Crippen molar-refractivity contribution in [2.45, 2.75) is 38.5 Å². The average Bonchev–Trinajstić information content (AvgIpc) is 2.43. The van der Waals surface area contributed by atoms with Gasteiger partial charge in [0.15, 0.2) is 0 Å². The number of nitrogens with zero attached hydrogens (tertiary/aromatic N) is 1. The van der Waals surface area contributed by atoms with Gasteiger partial charge in [-0.25, -0.2) is 0 Å². The Hall–Kier alpha value is -0.280. The molecule has 0 aromatic rings. The van der Waals surface area contributed by atoms with Crippen molar-refractivity contribution >= 4 is 18.3 Å². The maximum Gasteiger partial charge on any atom is 0.222 e. The molecule has 0 radical (unpaired) electrons. The van der Waals surface area contributed by atoms with Crippen LogP contribution in [0.5, 0.6) is 0 Å². The Balaban J connectivity index is 0.00000128. The first kappa shape index (κ1) is 13.8. The molecule has 1 aliphatic heterocycles. The lowest BCUT2D eigenvalue weighted by Crippen LogP contribution is -2.34. The highest BCUT2D eigenvalue weighted by Crippen LogP contribution is 2.30. The number of hydrogen-bond donors (Lipinski definition) is 1. The topological polar surface area (TPSA) is 32.3 Å². The highest BCUT2D eigenvalue weighted by molar-refractivity contribution is 5.85. The minimum absolute atomic E-state index is 0. The summed E-state index contributed by atoms with van der Waals surface area (Å²) in [6, 6.07) is 0. The van der Waals surface area contributed by atoms with Gasteiger partial charge in [-0.2, -0.15) is 0 Å². The molecule has 0 atom stereocenters. The lowest BCUT2D eigenvalue weighted by Gasteiger charge is -2.26. The number of halogens is 1. The summed E-state index contributed by atoms with van der Waals surface area (Å²) in [5.41, 5.74) is 0. The van der Waals surface area contributed by atoms with Crippen molar-refractivity contribution in [3.8, 4) is 0 Å².